The van der Waals surface area contributed by atoms with Crippen LogP contribution < -0.4 is 4.74 Å². The van der Waals surface area contributed by atoms with Crippen LogP contribution >= 0.6 is 0 Å². The maximum Gasteiger partial charge on any atom is 0.259 e. The molecule has 2 heterocycles. The number of hydrogen-bond acceptors (Lipinski definition) is 5. The van der Waals surface area contributed by atoms with Gasteiger partial charge < -0.3 is 19.6 Å². The summed E-state index contributed by atoms with van der Waals surface area (Å²) in [5.74, 6) is 5.15. The largest absolute Gasteiger partial charge is 0.472 e. The first-order valence-electron chi connectivity index (χ1n) is 12.4. The molecule has 0 unspecified atom stereocenters. The van der Waals surface area contributed by atoms with E-state index in [1.165, 1.54) is 12.3 Å². The molecule has 2 amide bonds. The molecule has 0 radical (unpaired) electrons. The first-order valence-corrected chi connectivity index (χ1v) is 12.4. The maximum absolute atomic E-state index is 14.0. The molecule has 1 aliphatic carbocycles. The number of aliphatic hydroxyl groups is 1. The lowest BCUT2D eigenvalue weighted by Gasteiger charge is -2.38. The third-order valence-corrected chi connectivity index (χ3v) is 7.02. The molecular weight excluding hydrogens is 461 g/mol. The number of fused-ring (bicyclic) bond motifs is 1. The summed E-state index contributed by atoms with van der Waals surface area (Å²) in [7, 11) is 1.78. The summed E-state index contributed by atoms with van der Waals surface area (Å²) in [5.41, 5.74) is 0.906. The zero-order valence-corrected chi connectivity index (χ0v) is 20.9. The number of rotatable bonds is 5. The normalized spacial score (nSPS) is 20.6. The van der Waals surface area contributed by atoms with E-state index in [0.29, 0.717) is 18.7 Å². The van der Waals surface area contributed by atoms with Crippen molar-refractivity contribution in [3.63, 3.8) is 0 Å². The first-order chi connectivity index (χ1) is 17.3. The smallest absolute Gasteiger partial charge is 0.259 e. The van der Waals surface area contributed by atoms with Gasteiger partial charge in [-0.05, 0) is 38.0 Å². The number of benzene rings is 1. The van der Waals surface area contributed by atoms with Crippen LogP contribution in [0.1, 0.15) is 54.6 Å². The topological polar surface area (TPSA) is 83.0 Å². The predicted octanol–water partition coefficient (Wildman–Crippen LogP) is 3.10. The fourth-order valence-electron chi connectivity index (χ4n) is 4.42. The molecule has 1 saturated carbocycles. The fourth-order valence-corrected chi connectivity index (χ4v) is 4.42. The van der Waals surface area contributed by atoms with Gasteiger partial charge in [0, 0.05) is 37.2 Å². The summed E-state index contributed by atoms with van der Waals surface area (Å²) in [6.07, 6.45) is 4.01. The van der Waals surface area contributed by atoms with Gasteiger partial charge in [0.1, 0.15) is 17.5 Å². The second-order valence-electron chi connectivity index (χ2n) is 9.78. The maximum atomic E-state index is 14.0. The standard InChI is InChI=1S/C28H32FN3O4/c1-18-15-32(19(2)17-33)28(35)23-13-20(11-12-21-7-4-5-10-24(21)29)14-30-26(23)36-25(18)16-31(3)27(34)22-8-6-9-22/h4-5,7,10,13-14,18-19,22,25,33H,6,8-9,15-17H2,1-3H3/t18-,19-,25-/m0/s1. The van der Waals surface area contributed by atoms with E-state index in [4.69, 9.17) is 4.74 Å². The average Bonchev–Trinajstić information content (AvgIpc) is 2.84. The highest BCUT2D eigenvalue weighted by molar-refractivity contribution is 5.97. The molecule has 0 saturated heterocycles. The lowest BCUT2D eigenvalue weighted by atomic mass is 9.84. The Labute approximate surface area is 211 Å². The Morgan fingerprint density at radius 3 is 2.75 bits per heavy atom. The molecule has 0 bridgehead atoms. The molecule has 1 aliphatic heterocycles. The van der Waals surface area contributed by atoms with E-state index in [1.807, 2.05) is 6.92 Å². The second kappa shape index (κ2) is 11.1. The van der Waals surface area contributed by atoms with Gasteiger partial charge in [-0.2, -0.15) is 0 Å². The Hall–Kier alpha value is -3.44. The van der Waals surface area contributed by atoms with Crippen molar-refractivity contribution >= 4 is 11.8 Å². The zero-order valence-electron chi connectivity index (χ0n) is 20.9. The third-order valence-electron chi connectivity index (χ3n) is 7.02. The summed E-state index contributed by atoms with van der Waals surface area (Å²) >= 11 is 0. The molecule has 4 rings (SSSR count). The lowest BCUT2D eigenvalue weighted by Crippen LogP contribution is -2.51. The Kier molecular flexibility index (Phi) is 7.90. The number of pyridine rings is 1. The monoisotopic (exact) mass is 493 g/mol. The number of nitrogens with zero attached hydrogens (tertiary/aromatic N) is 3. The van der Waals surface area contributed by atoms with Crippen LogP contribution in [-0.4, -0.2) is 70.6 Å². The summed E-state index contributed by atoms with van der Waals surface area (Å²) in [4.78, 5) is 34.0. The van der Waals surface area contributed by atoms with E-state index in [9.17, 15) is 19.1 Å². The van der Waals surface area contributed by atoms with Crippen LogP contribution in [0, 0.1) is 29.5 Å². The van der Waals surface area contributed by atoms with Gasteiger partial charge >= 0.3 is 0 Å². The Morgan fingerprint density at radius 2 is 2.08 bits per heavy atom. The predicted molar refractivity (Wildman–Crippen MR) is 133 cm³/mol. The van der Waals surface area contributed by atoms with Crippen molar-refractivity contribution in [1.82, 2.24) is 14.8 Å². The van der Waals surface area contributed by atoms with Crippen molar-refractivity contribution in [3.05, 3.63) is 59.0 Å². The van der Waals surface area contributed by atoms with Crippen molar-refractivity contribution in [2.45, 2.75) is 45.3 Å². The Balaban J connectivity index is 1.65. The van der Waals surface area contributed by atoms with Gasteiger partial charge in [0.05, 0.1) is 24.8 Å². The van der Waals surface area contributed by atoms with Crippen molar-refractivity contribution in [2.24, 2.45) is 11.8 Å². The van der Waals surface area contributed by atoms with Gasteiger partial charge in [0.15, 0.2) is 0 Å². The number of aromatic nitrogens is 1. The quantitative estimate of drug-likeness (QED) is 0.648. The van der Waals surface area contributed by atoms with Crippen LogP contribution in [0.15, 0.2) is 36.5 Å². The van der Waals surface area contributed by atoms with Crippen LogP contribution in [0.2, 0.25) is 0 Å². The number of ether oxygens (including phenoxy) is 1. The molecular formula is C28H32FN3O4. The van der Waals surface area contributed by atoms with Crippen LogP contribution in [0.25, 0.3) is 0 Å². The van der Waals surface area contributed by atoms with E-state index in [1.54, 1.807) is 48.0 Å². The minimum Gasteiger partial charge on any atom is -0.472 e. The molecule has 190 valence electrons. The number of carbonyl (C=O) groups excluding carboxylic acids is 2. The minimum absolute atomic E-state index is 0.0762. The SMILES string of the molecule is C[C@H]1CN([C@@H](C)CO)C(=O)c2cc(C#Cc3ccccc3F)cnc2O[C@H]1CN(C)C(=O)C1CCC1. The van der Waals surface area contributed by atoms with Crippen molar-refractivity contribution in [2.75, 3.05) is 26.7 Å². The number of hydrogen-bond donors (Lipinski definition) is 1. The molecule has 0 spiro atoms. The van der Waals surface area contributed by atoms with Crippen LogP contribution in [0.4, 0.5) is 4.39 Å². The average molecular weight is 494 g/mol. The Bertz CT molecular complexity index is 1190. The van der Waals surface area contributed by atoms with Gasteiger partial charge in [-0.3, -0.25) is 9.59 Å². The Morgan fingerprint density at radius 1 is 1.33 bits per heavy atom. The molecule has 36 heavy (non-hydrogen) atoms. The summed E-state index contributed by atoms with van der Waals surface area (Å²) in [6, 6.07) is 7.37. The minimum atomic E-state index is -0.427. The number of carbonyl (C=O) groups is 2. The molecule has 1 N–H and O–H groups in total. The van der Waals surface area contributed by atoms with E-state index >= 15 is 0 Å². The summed E-state index contributed by atoms with van der Waals surface area (Å²) < 4.78 is 20.2. The van der Waals surface area contributed by atoms with Gasteiger partial charge in [-0.15, -0.1) is 0 Å². The molecule has 2 aliphatic rings. The highest BCUT2D eigenvalue weighted by Gasteiger charge is 2.36. The summed E-state index contributed by atoms with van der Waals surface area (Å²) in [6.45, 7) is 4.27. The van der Waals surface area contributed by atoms with Gasteiger partial charge in [-0.1, -0.05) is 37.3 Å². The first kappa shape index (κ1) is 25.6. The third kappa shape index (κ3) is 5.52. The number of halogens is 1. The number of likely N-dealkylation sites (N-methyl/N-ethyl adjacent to an activating group) is 1. The van der Waals surface area contributed by atoms with Crippen LogP contribution in [-0.2, 0) is 4.79 Å². The zero-order chi connectivity index (χ0) is 25.8. The highest BCUT2D eigenvalue weighted by atomic mass is 19.1. The molecule has 1 fully saturated rings. The van der Waals surface area contributed by atoms with Crippen molar-refractivity contribution in [3.8, 4) is 17.7 Å². The van der Waals surface area contributed by atoms with Crippen LogP contribution in [0.3, 0.4) is 0 Å². The fraction of sp³-hybridized carbons (Fsp3) is 0.464. The molecule has 8 heteroatoms. The second-order valence-corrected chi connectivity index (χ2v) is 9.78. The molecule has 1 aromatic heterocycles. The van der Waals surface area contributed by atoms with E-state index in [0.717, 1.165) is 19.3 Å². The molecule has 1 aromatic carbocycles. The van der Waals surface area contributed by atoms with Gasteiger partial charge in [0.25, 0.3) is 5.91 Å². The van der Waals surface area contributed by atoms with Crippen molar-refractivity contribution < 1.29 is 23.8 Å². The van der Waals surface area contributed by atoms with Crippen molar-refractivity contribution in [1.29, 1.82) is 0 Å². The number of amides is 2. The number of aliphatic hydroxyl groups excluding tert-OH is 1. The highest BCUT2D eigenvalue weighted by Crippen LogP contribution is 2.30. The van der Waals surface area contributed by atoms with E-state index in [-0.39, 0.29) is 47.3 Å². The van der Waals surface area contributed by atoms with Gasteiger partial charge in [-0.25, -0.2) is 9.37 Å². The molecule has 2 aromatic rings. The lowest BCUT2D eigenvalue weighted by molar-refractivity contribution is -0.138. The molecule has 7 nitrogen and oxygen atoms in total. The van der Waals surface area contributed by atoms with Crippen LogP contribution in [0.5, 0.6) is 5.88 Å². The summed E-state index contributed by atoms with van der Waals surface area (Å²) in [5, 5.41) is 9.82. The molecule has 3 atom stereocenters. The van der Waals surface area contributed by atoms with Gasteiger partial charge in [0.2, 0.25) is 11.8 Å². The van der Waals surface area contributed by atoms with E-state index < -0.39 is 18.0 Å². The van der Waals surface area contributed by atoms with E-state index in [2.05, 4.69) is 16.8 Å².